The van der Waals surface area contributed by atoms with Gasteiger partial charge in [-0.2, -0.15) is 0 Å². The molecule has 24 heteroatoms. The minimum atomic E-state index is -1.56. The molecule has 24 nitrogen and oxygen atoms in total. The van der Waals surface area contributed by atoms with E-state index in [1.54, 1.807) is 36.5 Å². The molecule has 0 radical (unpaired) electrons. The number of para-hydroxylation sites is 1. The molecule has 1 saturated heterocycles. The molecule has 0 unspecified atom stereocenters. The van der Waals surface area contributed by atoms with Crippen molar-refractivity contribution in [3.63, 3.8) is 0 Å². The molecule has 4 aromatic rings. The third-order valence-corrected chi connectivity index (χ3v) is 14.1. The number of likely N-dealkylation sites (N-methyl/N-ethyl adjacent to an activating group) is 4. The average Bonchev–Trinajstić information content (AvgIpc) is 4.09. The highest BCUT2D eigenvalue weighted by Crippen LogP contribution is 2.24. The fourth-order valence-electron chi connectivity index (χ4n) is 9.65. The second-order valence-electron chi connectivity index (χ2n) is 19.8. The fraction of sp³-hybridized carbons (Fsp3) is 0.500. The molecule has 1 aliphatic rings. The molecule has 3 heterocycles. The van der Waals surface area contributed by atoms with Gasteiger partial charge in [0.25, 0.3) is 0 Å². The number of aliphatic imine (C=N–C) groups is 1. The summed E-state index contributed by atoms with van der Waals surface area (Å²) in [4.78, 5) is 148. The summed E-state index contributed by atoms with van der Waals surface area (Å²) in [5.41, 5.74) is 19.9. The Morgan fingerprint density at radius 3 is 2.13 bits per heavy atom. The Labute approximate surface area is 454 Å². The van der Waals surface area contributed by atoms with Crippen LogP contribution in [0.4, 0.5) is 0 Å². The first-order chi connectivity index (χ1) is 37.2. The van der Waals surface area contributed by atoms with Crippen LogP contribution >= 0.6 is 0 Å². The van der Waals surface area contributed by atoms with Gasteiger partial charge < -0.3 is 68.0 Å². The molecule has 1 aliphatic heterocycles. The summed E-state index contributed by atoms with van der Waals surface area (Å²) in [5, 5.41) is 11.8. The second kappa shape index (κ2) is 29.3. The van der Waals surface area contributed by atoms with Gasteiger partial charge in [0, 0.05) is 96.5 Å². The van der Waals surface area contributed by atoms with Crippen LogP contribution in [0.15, 0.2) is 78.3 Å². The van der Waals surface area contributed by atoms with Gasteiger partial charge in [-0.3, -0.25) is 48.1 Å². The van der Waals surface area contributed by atoms with Crippen LogP contribution in [0.25, 0.3) is 10.9 Å². The molecule has 2 aromatic carbocycles. The smallest absolute Gasteiger partial charge is 0.246 e. The van der Waals surface area contributed by atoms with Gasteiger partial charge in [-0.15, -0.1) is 0 Å². The maximum absolute atomic E-state index is 15.3. The Bertz CT molecular complexity index is 2730. The van der Waals surface area contributed by atoms with Crippen molar-refractivity contribution in [2.75, 3.05) is 41.3 Å². The van der Waals surface area contributed by atoms with E-state index in [-0.39, 0.29) is 70.4 Å². The lowest BCUT2D eigenvalue weighted by atomic mass is 9.98. The van der Waals surface area contributed by atoms with Gasteiger partial charge in [-0.25, -0.2) is 4.98 Å². The summed E-state index contributed by atoms with van der Waals surface area (Å²) >= 11 is 0. The molecule has 422 valence electrons. The van der Waals surface area contributed by atoms with Gasteiger partial charge in [-0.1, -0.05) is 68.3 Å². The van der Waals surface area contributed by atoms with E-state index in [2.05, 4.69) is 41.2 Å². The van der Waals surface area contributed by atoms with Crippen molar-refractivity contribution < 1.29 is 43.2 Å². The highest BCUT2D eigenvalue weighted by atomic mass is 16.2. The summed E-state index contributed by atoms with van der Waals surface area (Å²) in [6, 6.07) is 7.17. The number of hydrogen-bond donors (Lipinski definition) is 9. The van der Waals surface area contributed by atoms with Crippen molar-refractivity contribution in [3.8, 4) is 0 Å². The van der Waals surface area contributed by atoms with Crippen LogP contribution in [0.1, 0.15) is 88.5 Å². The first-order valence-electron chi connectivity index (χ1n) is 26.3. The van der Waals surface area contributed by atoms with E-state index in [0.717, 1.165) is 15.8 Å². The van der Waals surface area contributed by atoms with Gasteiger partial charge in [0.1, 0.15) is 42.3 Å². The van der Waals surface area contributed by atoms with E-state index >= 15 is 19.2 Å². The topological polar surface area (TPSA) is 350 Å². The lowest BCUT2D eigenvalue weighted by Gasteiger charge is -2.38. The monoisotopic (exact) mass is 1080 g/mol. The van der Waals surface area contributed by atoms with Crippen molar-refractivity contribution >= 4 is 70.0 Å². The summed E-state index contributed by atoms with van der Waals surface area (Å²) in [5.74, 6) is -6.48. The molecule has 0 bridgehead atoms. The Kier molecular flexibility index (Phi) is 22.7. The van der Waals surface area contributed by atoms with Crippen LogP contribution in [0.3, 0.4) is 0 Å². The third kappa shape index (κ3) is 16.8. The largest absolute Gasteiger partial charge is 0.370 e. The van der Waals surface area contributed by atoms with Crippen LogP contribution in [0, 0.1) is 0 Å². The van der Waals surface area contributed by atoms with E-state index in [0.29, 0.717) is 36.1 Å². The van der Waals surface area contributed by atoms with Gasteiger partial charge in [0.05, 0.1) is 12.7 Å². The average molecular weight is 1080 g/mol. The van der Waals surface area contributed by atoms with Crippen molar-refractivity contribution in [1.82, 2.24) is 55.8 Å². The SMILES string of the molecule is CCCC[C@H](NC(C)=O)C(=O)N[C@H]1CC(=O)NCCCC[C@@H](C(N)=O)N(C)C(=O)[C@H](Cc2c[nH]c3ccccc23)N(C)C(=O)[C@H](CCCN=C(N)N)N(C)C(=O)[C@@H](Cc2ccccc2)NC(=O)[C@H](Cc2cnc[nH]2)N(C)C1=O. The number of guanidine groups is 1. The Balaban J connectivity index is 1.64. The second-order valence-corrected chi connectivity index (χ2v) is 19.8. The Hall–Kier alpha value is -8.31. The number of nitrogens with two attached hydrogens (primary N) is 3. The number of carbonyl (C=O) groups is 9. The maximum atomic E-state index is 15.3. The van der Waals surface area contributed by atoms with Crippen LogP contribution in [-0.4, -0.2) is 177 Å². The minimum Gasteiger partial charge on any atom is -0.370 e. The molecular formula is C54H77N15O9. The van der Waals surface area contributed by atoms with Crippen molar-refractivity contribution in [2.24, 2.45) is 22.2 Å². The van der Waals surface area contributed by atoms with Crippen molar-refractivity contribution in [3.05, 3.63) is 90.1 Å². The molecule has 1 fully saturated rings. The summed E-state index contributed by atoms with van der Waals surface area (Å²) in [6.45, 7) is 3.30. The zero-order valence-electron chi connectivity index (χ0n) is 45.5. The summed E-state index contributed by atoms with van der Waals surface area (Å²) in [6.07, 6.45) is 6.05. The van der Waals surface area contributed by atoms with E-state index in [4.69, 9.17) is 17.2 Å². The van der Waals surface area contributed by atoms with E-state index in [9.17, 15) is 24.0 Å². The number of imidazole rings is 1. The summed E-state index contributed by atoms with van der Waals surface area (Å²) in [7, 11) is 5.64. The highest BCUT2D eigenvalue weighted by Gasteiger charge is 2.41. The number of amides is 9. The standard InChI is InChI=1S/C54H77N15O9/c1-7-8-20-39(63-33(2)70)48(73)64-41-29-46(71)59-24-15-14-22-42(47(55)72)66(3)53(78)45(27-35-30-61-38-21-13-12-19-37(35)38)69(6)52(77)43(23-16-25-60-54(56)57)67(4)50(75)40(26-34-17-10-9-11-18-34)65-49(74)44(68(5)51(41)76)28-36-31-58-32-62-36/h9-13,17-19,21,30-32,39-45,61H,7-8,14-16,20,22-29H2,1-6H3,(H2,55,72)(H,58,62)(H,59,71)(H,63,70)(H,64,73)(H,65,74)(H4,56,57,60)/t39-,40+,41-,42-,43-,44-,45-/m0/s1. The molecule has 0 spiro atoms. The van der Waals surface area contributed by atoms with Crippen molar-refractivity contribution in [1.29, 1.82) is 0 Å². The number of nitrogens with one attached hydrogen (secondary N) is 6. The highest BCUT2D eigenvalue weighted by molar-refractivity contribution is 5.99. The predicted octanol–water partition coefficient (Wildman–Crippen LogP) is 0.120. The molecule has 5 rings (SSSR count). The van der Waals surface area contributed by atoms with Crippen LogP contribution in [0.5, 0.6) is 0 Å². The zero-order chi connectivity index (χ0) is 57.1. The number of H-pyrrole nitrogens is 2. The van der Waals surface area contributed by atoms with Gasteiger partial charge >= 0.3 is 0 Å². The number of aromatic amines is 2. The molecule has 7 atom stereocenters. The lowest BCUT2D eigenvalue weighted by Crippen LogP contribution is -2.61. The Morgan fingerprint density at radius 1 is 0.782 bits per heavy atom. The first-order valence-corrected chi connectivity index (χ1v) is 26.3. The molecular weight excluding hydrogens is 1000 g/mol. The number of unbranched alkanes of at least 4 members (excludes halogenated alkanes) is 1. The van der Waals surface area contributed by atoms with E-state index in [1.807, 2.05) is 31.2 Å². The molecule has 0 saturated carbocycles. The molecule has 12 N–H and O–H groups in total. The number of primary amides is 1. The predicted molar refractivity (Wildman–Crippen MR) is 292 cm³/mol. The number of rotatable bonds is 17. The van der Waals surface area contributed by atoms with Crippen molar-refractivity contribution in [2.45, 2.75) is 133 Å². The van der Waals surface area contributed by atoms with E-state index in [1.165, 1.54) is 62.3 Å². The number of benzene rings is 2. The van der Waals surface area contributed by atoms with Gasteiger partial charge in [0.2, 0.25) is 53.2 Å². The molecule has 78 heavy (non-hydrogen) atoms. The minimum absolute atomic E-state index is 0.0112. The normalized spacial score (nSPS) is 21.4. The third-order valence-electron chi connectivity index (χ3n) is 14.1. The molecule has 2 aromatic heterocycles. The maximum Gasteiger partial charge on any atom is 0.246 e. The zero-order valence-corrected chi connectivity index (χ0v) is 45.5. The van der Waals surface area contributed by atoms with Crippen LogP contribution in [-0.2, 0) is 62.4 Å². The number of hydrogen-bond acceptors (Lipinski definition) is 11. The van der Waals surface area contributed by atoms with E-state index < -0.39 is 102 Å². The van der Waals surface area contributed by atoms with Crippen LogP contribution in [0.2, 0.25) is 0 Å². The van der Waals surface area contributed by atoms with Gasteiger partial charge in [0.15, 0.2) is 5.96 Å². The number of carbonyl (C=O) groups excluding carboxylic acids is 9. The van der Waals surface area contributed by atoms with Crippen LogP contribution < -0.4 is 38.5 Å². The van der Waals surface area contributed by atoms with Gasteiger partial charge in [-0.05, 0) is 55.7 Å². The number of nitrogens with zero attached hydrogens (tertiary/aromatic N) is 6. The Morgan fingerprint density at radius 2 is 1.46 bits per heavy atom. The quantitative estimate of drug-likeness (QED) is 0.0387. The number of aromatic nitrogens is 3. The number of fused-ring (bicyclic) bond motifs is 1. The fourth-order valence-corrected chi connectivity index (χ4v) is 9.65. The lowest BCUT2D eigenvalue weighted by molar-refractivity contribution is -0.152. The molecule has 9 amide bonds. The summed E-state index contributed by atoms with van der Waals surface area (Å²) < 4.78 is 0. The molecule has 0 aliphatic carbocycles. The first kappa shape index (κ1) is 60.6.